The van der Waals surface area contributed by atoms with Crippen molar-refractivity contribution in [2.24, 2.45) is 0 Å². The number of hydrogen-bond acceptors (Lipinski definition) is 2. The molecule has 1 aromatic rings. The standard InChI is InChI=1S/C10H13FN2/c11-9-3-1-2-7(10(9)12)6-13-8-4-5-8/h1-3,8,13H,4-6,12H2. The zero-order valence-corrected chi connectivity index (χ0v) is 7.39. The quantitative estimate of drug-likeness (QED) is 0.694. The van der Waals surface area contributed by atoms with Gasteiger partial charge in [-0.15, -0.1) is 0 Å². The molecule has 0 bridgehead atoms. The number of benzene rings is 1. The number of nitrogens with one attached hydrogen (secondary N) is 1. The number of anilines is 1. The molecular formula is C10H13FN2. The average Bonchev–Trinajstić information content (AvgIpc) is 2.91. The maximum Gasteiger partial charge on any atom is 0.146 e. The molecule has 0 amide bonds. The number of nitrogen functional groups attached to an aromatic ring is 1. The number of nitrogens with two attached hydrogens (primary N) is 1. The number of para-hydroxylation sites is 1. The Labute approximate surface area is 76.9 Å². The van der Waals surface area contributed by atoms with Crippen molar-refractivity contribution in [2.45, 2.75) is 25.4 Å². The van der Waals surface area contributed by atoms with Crippen molar-refractivity contribution < 1.29 is 4.39 Å². The highest BCUT2D eigenvalue weighted by Crippen LogP contribution is 2.21. The molecular weight excluding hydrogens is 167 g/mol. The fourth-order valence-electron chi connectivity index (χ4n) is 1.28. The molecule has 3 N–H and O–H groups in total. The Hall–Kier alpha value is -1.09. The Balaban J connectivity index is 2.05. The van der Waals surface area contributed by atoms with E-state index in [1.54, 1.807) is 6.07 Å². The third-order valence-electron chi connectivity index (χ3n) is 2.30. The summed E-state index contributed by atoms with van der Waals surface area (Å²) >= 11 is 0. The van der Waals surface area contributed by atoms with Crippen molar-refractivity contribution in [3.8, 4) is 0 Å². The Kier molecular flexibility index (Phi) is 2.19. The van der Waals surface area contributed by atoms with Crippen LogP contribution in [-0.4, -0.2) is 6.04 Å². The first-order valence-corrected chi connectivity index (χ1v) is 4.53. The van der Waals surface area contributed by atoms with Gasteiger partial charge in [-0.1, -0.05) is 12.1 Å². The molecule has 1 aliphatic rings. The number of hydrogen-bond donors (Lipinski definition) is 2. The summed E-state index contributed by atoms with van der Waals surface area (Å²) in [6.45, 7) is 0.675. The highest BCUT2D eigenvalue weighted by atomic mass is 19.1. The maximum atomic E-state index is 13.0. The van der Waals surface area contributed by atoms with Gasteiger partial charge in [-0.2, -0.15) is 0 Å². The van der Waals surface area contributed by atoms with Gasteiger partial charge in [0.05, 0.1) is 5.69 Å². The van der Waals surface area contributed by atoms with Crippen LogP contribution >= 0.6 is 0 Å². The van der Waals surface area contributed by atoms with E-state index in [0.717, 1.165) is 5.56 Å². The largest absolute Gasteiger partial charge is 0.396 e. The summed E-state index contributed by atoms with van der Waals surface area (Å²) < 4.78 is 13.0. The van der Waals surface area contributed by atoms with Crippen LogP contribution in [0.5, 0.6) is 0 Å². The second-order valence-corrected chi connectivity index (χ2v) is 3.47. The lowest BCUT2D eigenvalue weighted by molar-refractivity contribution is 0.625. The first-order valence-electron chi connectivity index (χ1n) is 4.53. The Morgan fingerprint density at radius 3 is 2.92 bits per heavy atom. The minimum Gasteiger partial charge on any atom is -0.396 e. The van der Waals surface area contributed by atoms with Crippen molar-refractivity contribution in [1.29, 1.82) is 0 Å². The van der Waals surface area contributed by atoms with E-state index in [1.165, 1.54) is 18.9 Å². The summed E-state index contributed by atoms with van der Waals surface area (Å²) in [5, 5.41) is 3.29. The average molecular weight is 180 g/mol. The van der Waals surface area contributed by atoms with Crippen LogP contribution in [-0.2, 0) is 6.54 Å². The van der Waals surface area contributed by atoms with E-state index in [2.05, 4.69) is 5.32 Å². The zero-order chi connectivity index (χ0) is 9.26. The lowest BCUT2D eigenvalue weighted by Crippen LogP contribution is -2.16. The topological polar surface area (TPSA) is 38.0 Å². The van der Waals surface area contributed by atoms with Crippen LogP contribution < -0.4 is 11.1 Å². The summed E-state index contributed by atoms with van der Waals surface area (Å²) in [4.78, 5) is 0. The van der Waals surface area contributed by atoms with Crippen LogP contribution in [0.25, 0.3) is 0 Å². The molecule has 0 atom stereocenters. The molecule has 1 aliphatic carbocycles. The van der Waals surface area contributed by atoms with E-state index in [4.69, 9.17) is 5.73 Å². The van der Waals surface area contributed by atoms with Crippen molar-refractivity contribution in [1.82, 2.24) is 5.32 Å². The van der Waals surface area contributed by atoms with Crippen LogP contribution in [0.3, 0.4) is 0 Å². The fraction of sp³-hybridized carbons (Fsp3) is 0.400. The molecule has 13 heavy (non-hydrogen) atoms. The Morgan fingerprint density at radius 1 is 1.46 bits per heavy atom. The van der Waals surface area contributed by atoms with Crippen LogP contribution in [0.4, 0.5) is 10.1 Å². The second-order valence-electron chi connectivity index (χ2n) is 3.47. The number of halogens is 1. The third kappa shape index (κ3) is 1.98. The molecule has 0 radical (unpaired) electrons. The molecule has 0 spiro atoms. The lowest BCUT2D eigenvalue weighted by atomic mass is 10.1. The molecule has 70 valence electrons. The lowest BCUT2D eigenvalue weighted by Gasteiger charge is -2.06. The van der Waals surface area contributed by atoms with E-state index in [1.807, 2.05) is 6.07 Å². The van der Waals surface area contributed by atoms with Crippen LogP contribution in [0.1, 0.15) is 18.4 Å². The van der Waals surface area contributed by atoms with Crippen molar-refractivity contribution in [3.63, 3.8) is 0 Å². The van der Waals surface area contributed by atoms with Crippen LogP contribution in [0.2, 0.25) is 0 Å². The van der Waals surface area contributed by atoms with Crippen LogP contribution in [0.15, 0.2) is 18.2 Å². The second kappa shape index (κ2) is 3.34. The first kappa shape index (κ1) is 8.51. The molecule has 3 heteroatoms. The van der Waals surface area contributed by atoms with Crippen LogP contribution in [0, 0.1) is 5.82 Å². The predicted molar refractivity (Wildman–Crippen MR) is 50.7 cm³/mol. The molecule has 1 fully saturated rings. The summed E-state index contributed by atoms with van der Waals surface area (Å²) in [7, 11) is 0. The molecule has 1 aromatic carbocycles. The molecule has 0 aliphatic heterocycles. The minimum atomic E-state index is -0.324. The normalized spacial score (nSPS) is 16.1. The van der Waals surface area contributed by atoms with Gasteiger partial charge in [0.2, 0.25) is 0 Å². The van der Waals surface area contributed by atoms with E-state index in [-0.39, 0.29) is 11.5 Å². The predicted octanol–water partition coefficient (Wildman–Crippen LogP) is 1.66. The van der Waals surface area contributed by atoms with Gasteiger partial charge >= 0.3 is 0 Å². The zero-order valence-electron chi connectivity index (χ0n) is 7.39. The van der Waals surface area contributed by atoms with Gasteiger partial charge in [0.1, 0.15) is 5.82 Å². The molecule has 2 rings (SSSR count). The van der Waals surface area contributed by atoms with Gasteiger partial charge in [0, 0.05) is 12.6 Å². The Bertz CT molecular complexity index is 308. The van der Waals surface area contributed by atoms with Gasteiger partial charge in [0.15, 0.2) is 0 Å². The summed E-state index contributed by atoms with van der Waals surface area (Å²) in [6.07, 6.45) is 2.46. The minimum absolute atomic E-state index is 0.274. The SMILES string of the molecule is Nc1c(F)cccc1CNC1CC1. The molecule has 0 saturated heterocycles. The summed E-state index contributed by atoms with van der Waals surface area (Å²) in [6, 6.07) is 5.56. The van der Waals surface area contributed by atoms with Crippen molar-refractivity contribution in [2.75, 3.05) is 5.73 Å². The van der Waals surface area contributed by atoms with E-state index >= 15 is 0 Å². The highest BCUT2D eigenvalue weighted by molar-refractivity contribution is 5.47. The Morgan fingerprint density at radius 2 is 2.23 bits per heavy atom. The van der Waals surface area contributed by atoms with E-state index in [0.29, 0.717) is 12.6 Å². The maximum absolute atomic E-state index is 13.0. The molecule has 0 unspecified atom stereocenters. The smallest absolute Gasteiger partial charge is 0.146 e. The van der Waals surface area contributed by atoms with Gasteiger partial charge in [-0.3, -0.25) is 0 Å². The third-order valence-corrected chi connectivity index (χ3v) is 2.30. The molecule has 0 heterocycles. The van der Waals surface area contributed by atoms with Gasteiger partial charge in [0.25, 0.3) is 0 Å². The monoisotopic (exact) mass is 180 g/mol. The fourth-order valence-corrected chi connectivity index (χ4v) is 1.28. The molecule has 0 aromatic heterocycles. The molecule has 1 saturated carbocycles. The highest BCUT2D eigenvalue weighted by Gasteiger charge is 2.20. The molecule has 2 nitrogen and oxygen atoms in total. The summed E-state index contributed by atoms with van der Waals surface area (Å²) in [5.41, 5.74) is 6.70. The van der Waals surface area contributed by atoms with E-state index in [9.17, 15) is 4.39 Å². The number of rotatable bonds is 3. The summed E-state index contributed by atoms with van der Waals surface area (Å²) in [5.74, 6) is -0.324. The van der Waals surface area contributed by atoms with Gasteiger partial charge < -0.3 is 11.1 Å². The first-order chi connectivity index (χ1) is 6.27. The van der Waals surface area contributed by atoms with Crippen molar-refractivity contribution in [3.05, 3.63) is 29.6 Å². The van der Waals surface area contributed by atoms with Crippen molar-refractivity contribution >= 4 is 5.69 Å². The van der Waals surface area contributed by atoms with Gasteiger partial charge in [-0.25, -0.2) is 4.39 Å². The van der Waals surface area contributed by atoms with Gasteiger partial charge in [-0.05, 0) is 24.5 Å². The van der Waals surface area contributed by atoms with E-state index < -0.39 is 0 Å².